The Morgan fingerprint density at radius 1 is 1.46 bits per heavy atom. The fourth-order valence-electron chi connectivity index (χ4n) is 1.76. The molecule has 0 aliphatic heterocycles. The molecule has 0 radical (unpaired) electrons. The predicted molar refractivity (Wildman–Crippen MR) is 86.7 cm³/mol. The van der Waals surface area contributed by atoms with Gasteiger partial charge in [0.25, 0.3) is 11.9 Å². The molecule has 0 unspecified atom stereocenters. The van der Waals surface area contributed by atoms with Gasteiger partial charge < -0.3 is 15.2 Å². The lowest BCUT2D eigenvalue weighted by Crippen LogP contribution is -2.24. The third kappa shape index (κ3) is 4.93. The van der Waals surface area contributed by atoms with Crippen molar-refractivity contribution in [3.05, 3.63) is 23.8 Å². The molecule has 128 valence electrons. The monoisotopic (exact) mass is 333 g/mol. The van der Waals surface area contributed by atoms with E-state index in [4.69, 9.17) is 15.2 Å². The quantitative estimate of drug-likeness (QED) is 0.521. The lowest BCUT2D eigenvalue weighted by molar-refractivity contribution is -0.122. The average molecular weight is 333 g/mol. The summed E-state index contributed by atoms with van der Waals surface area (Å²) < 4.78 is 10.9. The first-order valence-electron chi connectivity index (χ1n) is 7.28. The summed E-state index contributed by atoms with van der Waals surface area (Å²) in [6, 6.07) is 5.36. The Labute approximate surface area is 138 Å². The number of tetrazole rings is 1. The Kier molecular flexibility index (Phi) is 6.06. The molecule has 0 fully saturated rings. The molecule has 1 aromatic heterocycles. The average Bonchev–Trinajstić information content (AvgIpc) is 2.98. The Hall–Kier alpha value is -3.17. The fraction of sp³-hybridized carbons (Fsp3) is 0.357. The van der Waals surface area contributed by atoms with Gasteiger partial charge in [-0.15, -0.1) is 5.10 Å². The third-order valence-electron chi connectivity index (χ3n) is 2.81. The highest BCUT2D eigenvalue weighted by Crippen LogP contribution is 2.27. The van der Waals surface area contributed by atoms with Crippen molar-refractivity contribution in [1.82, 2.24) is 25.6 Å². The number of anilines is 1. The first-order valence-corrected chi connectivity index (χ1v) is 7.28. The molecule has 10 nitrogen and oxygen atoms in total. The molecule has 2 rings (SSSR count). The minimum Gasteiger partial charge on any atom is -0.493 e. The van der Waals surface area contributed by atoms with Gasteiger partial charge in [-0.2, -0.15) is 9.90 Å². The highest BCUT2D eigenvalue weighted by molar-refractivity contribution is 5.83. The number of ether oxygens (including phenoxy) is 2. The van der Waals surface area contributed by atoms with Crippen LogP contribution in [0.2, 0.25) is 0 Å². The van der Waals surface area contributed by atoms with E-state index < -0.39 is 5.91 Å². The van der Waals surface area contributed by atoms with Gasteiger partial charge in [0.1, 0.15) is 6.54 Å². The van der Waals surface area contributed by atoms with E-state index in [0.717, 1.165) is 16.8 Å². The Morgan fingerprint density at radius 2 is 2.29 bits per heavy atom. The van der Waals surface area contributed by atoms with Gasteiger partial charge in [-0.05, 0) is 35.4 Å². The summed E-state index contributed by atoms with van der Waals surface area (Å²) in [7, 11) is 1.56. The van der Waals surface area contributed by atoms with Crippen LogP contribution in [0.25, 0.3) is 0 Å². The molecule has 2 aromatic rings. The summed E-state index contributed by atoms with van der Waals surface area (Å²) in [5, 5.41) is 14.6. The van der Waals surface area contributed by atoms with Crippen molar-refractivity contribution in [2.24, 2.45) is 5.10 Å². The van der Waals surface area contributed by atoms with Crippen LogP contribution in [0.15, 0.2) is 23.3 Å². The number of methoxy groups -OCH3 is 1. The number of nitrogens with two attached hydrogens (primary N) is 1. The molecule has 0 aliphatic carbocycles. The molecular formula is C14H19N7O3. The van der Waals surface area contributed by atoms with E-state index in [0.29, 0.717) is 18.1 Å². The SMILES string of the molecule is CCCOc1ccc(C=NNC(=O)Cn2nnc(N)n2)cc1OC. The minimum absolute atomic E-state index is 0.00350. The van der Waals surface area contributed by atoms with E-state index in [1.165, 1.54) is 6.21 Å². The van der Waals surface area contributed by atoms with Crippen molar-refractivity contribution in [2.75, 3.05) is 19.5 Å². The van der Waals surface area contributed by atoms with Gasteiger partial charge in [-0.3, -0.25) is 4.79 Å². The van der Waals surface area contributed by atoms with E-state index in [2.05, 4.69) is 25.9 Å². The number of amides is 1. The van der Waals surface area contributed by atoms with Crippen molar-refractivity contribution < 1.29 is 14.3 Å². The zero-order valence-electron chi connectivity index (χ0n) is 13.5. The highest BCUT2D eigenvalue weighted by atomic mass is 16.5. The van der Waals surface area contributed by atoms with Crippen molar-refractivity contribution >= 4 is 18.1 Å². The number of hydrazone groups is 1. The summed E-state index contributed by atoms with van der Waals surface area (Å²) in [6.07, 6.45) is 2.40. The number of aromatic nitrogens is 4. The van der Waals surface area contributed by atoms with Gasteiger partial charge in [0, 0.05) is 0 Å². The van der Waals surface area contributed by atoms with E-state index in [-0.39, 0.29) is 12.5 Å². The normalized spacial score (nSPS) is 10.8. The van der Waals surface area contributed by atoms with E-state index in [9.17, 15) is 4.79 Å². The summed E-state index contributed by atoms with van der Waals surface area (Å²) in [5.41, 5.74) is 8.42. The molecule has 24 heavy (non-hydrogen) atoms. The van der Waals surface area contributed by atoms with Crippen LogP contribution in [-0.2, 0) is 11.3 Å². The van der Waals surface area contributed by atoms with Gasteiger partial charge in [-0.1, -0.05) is 12.0 Å². The van der Waals surface area contributed by atoms with Gasteiger partial charge in [0.15, 0.2) is 11.5 Å². The number of nitrogens with one attached hydrogen (secondary N) is 1. The van der Waals surface area contributed by atoms with Crippen LogP contribution >= 0.6 is 0 Å². The number of carbonyl (C=O) groups excluding carboxylic acids is 1. The molecule has 10 heteroatoms. The van der Waals surface area contributed by atoms with E-state index >= 15 is 0 Å². The smallest absolute Gasteiger partial charge is 0.263 e. The molecule has 0 bridgehead atoms. The molecule has 1 amide bonds. The largest absolute Gasteiger partial charge is 0.493 e. The van der Waals surface area contributed by atoms with Crippen LogP contribution in [0.1, 0.15) is 18.9 Å². The highest BCUT2D eigenvalue weighted by Gasteiger charge is 2.06. The van der Waals surface area contributed by atoms with Crippen molar-refractivity contribution in [3.8, 4) is 11.5 Å². The number of carbonyl (C=O) groups is 1. The Balaban J connectivity index is 1.92. The van der Waals surface area contributed by atoms with Gasteiger partial charge in [-0.25, -0.2) is 5.43 Å². The van der Waals surface area contributed by atoms with Gasteiger partial charge in [0.2, 0.25) is 0 Å². The molecule has 0 saturated heterocycles. The first-order chi connectivity index (χ1) is 11.6. The van der Waals surface area contributed by atoms with Crippen molar-refractivity contribution in [3.63, 3.8) is 0 Å². The number of hydrogen-bond acceptors (Lipinski definition) is 8. The third-order valence-corrected chi connectivity index (χ3v) is 2.81. The molecule has 1 heterocycles. The van der Waals surface area contributed by atoms with Crippen molar-refractivity contribution in [2.45, 2.75) is 19.9 Å². The van der Waals surface area contributed by atoms with Crippen LogP contribution in [0.5, 0.6) is 11.5 Å². The first kappa shape index (κ1) is 17.2. The molecule has 0 aliphatic rings. The fourth-order valence-corrected chi connectivity index (χ4v) is 1.76. The summed E-state index contributed by atoms with van der Waals surface area (Å²) in [6.45, 7) is 2.51. The maximum atomic E-state index is 11.7. The van der Waals surface area contributed by atoms with Crippen LogP contribution < -0.4 is 20.6 Å². The summed E-state index contributed by atoms with van der Waals surface area (Å²) >= 11 is 0. The standard InChI is InChI=1S/C14H19N7O3/c1-3-6-24-11-5-4-10(7-12(11)23-2)8-16-17-13(22)9-21-19-14(15)18-20-21/h4-5,7-8H,3,6,9H2,1-2H3,(H2,15,19)(H,17,22). The number of hydrogen-bond donors (Lipinski definition) is 2. The maximum absolute atomic E-state index is 11.7. The summed E-state index contributed by atoms with van der Waals surface area (Å²) in [4.78, 5) is 12.7. The molecule has 1 aromatic carbocycles. The van der Waals surface area contributed by atoms with E-state index in [1.54, 1.807) is 19.2 Å². The van der Waals surface area contributed by atoms with Crippen LogP contribution in [-0.4, -0.2) is 46.0 Å². The zero-order valence-corrected chi connectivity index (χ0v) is 13.5. The predicted octanol–water partition coefficient (Wildman–Crippen LogP) is 0.203. The molecule has 0 saturated carbocycles. The lowest BCUT2D eigenvalue weighted by atomic mass is 10.2. The lowest BCUT2D eigenvalue weighted by Gasteiger charge is -2.10. The van der Waals surface area contributed by atoms with Crippen LogP contribution in [0.4, 0.5) is 5.95 Å². The summed E-state index contributed by atoms with van der Waals surface area (Å²) in [5.74, 6) is 0.860. The number of nitrogen functional groups attached to an aromatic ring is 1. The molecule has 0 atom stereocenters. The topological polar surface area (TPSA) is 130 Å². The maximum Gasteiger partial charge on any atom is 0.263 e. The second kappa shape index (κ2) is 8.46. The van der Waals surface area contributed by atoms with Gasteiger partial charge in [0.05, 0.1) is 19.9 Å². The number of rotatable bonds is 8. The van der Waals surface area contributed by atoms with Crippen LogP contribution in [0.3, 0.4) is 0 Å². The molecule has 3 N–H and O–H groups in total. The molecule has 0 spiro atoms. The zero-order chi connectivity index (χ0) is 17.4. The van der Waals surface area contributed by atoms with E-state index in [1.807, 2.05) is 13.0 Å². The molecular weight excluding hydrogens is 314 g/mol. The number of benzene rings is 1. The van der Waals surface area contributed by atoms with Crippen LogP contribution in [0, 0.1) is 0 Å². The Morgan fingerprint density at radius 3 is 2.96 bits per heavy atom. The second-order valence-electron chi connectivity index (χ2n) is 4.73. The Bertz CT molecular complexity index is 714. The van der Waals surface area contributed by atoms with Crippen molar-refractivity contribution in [1.29, 1.82) is 0 Å². The second-order valence-corrected chi connectivity index (χ2v) is 4.73. The minimum atomic E-state index is -0.404. The number of nitrogens with zero attached hydrogens (tertiary/aromatic N) is 5. The van der Waals surface area contributed by atoms with Gasteiger partial charge >= 0.3 is 0 Å².